The van der Waals surface area contributed by atoms with Crippen molar-refractivity contribution in [2.24, 2.45) is 0 Å². The van der Waals surface area contributed by atoms with Crippen LogP contribution in [0.5, 0.6) is 5.75 Å². The molecule has 5 heteroatoms. The van der Waals surface area contributed by atoms with Crippen molar-refractivity contribution in [1.29, 1.82) is 0 Å². The van der Waals surface area contributed by atoms with Crippen LogP contribution in [0.15, 0.2) is 69.9 Å². The third-order valence-electron chi connectivity index (χ3n) is 4.46. The van der Waals surface area contributed by atoms with E-state index in [1.807, 2.05) is 35.2 Å². The number of fused-ring (bicyclic) bond motifs is 1. The highest BCUT2D eigenvalue weighted by Crippen LogP contribution is 2.28. The molecule has 2 aromatic carbocycles. The van der Waals surface area contributed by atoms with E-state index in [2.05, 4.69) is 0 Å². The summed E-state index contributed by atoms with van der Waals surface area (Å²) in [6.45, 7) is 0.562. The number of hydrogen-bond donors (Lipinski definition) is 0. The molecule has 1 heterocycles. The van der Waals surface area contributed by atoms with E-state index in [1.54, 1.807) is 24.3 Å². The van der Waals surface area contributed by atoms with E-state index in [-0.39, 0.29) is 12.5 Å². The molecule has 1 aromatic heterocycles. The predicted molar refractivity (Wildman–Crippen MR) is 98.0 cm³/mol. The van der Waals surface area contributed by atoms with Gasteiger partial charge in [-0.2, -0.15) is 0 Å². The summed E-state index contributed by atoms with van der Waals surface area (Å²) in [6, 6.07) is 18.6. The average Bonchev–Trinajstić information content (AvgIpc) is 3.49. The Balaban J connectivity index is 1.44. The lowest BCUT2D eigenvalue weighted by Gasteiger charge is -2.22. The molecule has 0 bridgehead atoms. The average molecular weight is 349 g/mol. The number of nitrogens with zero attached hydrogens (tertiary/aromatic N) is 1. The Morgan fingerprint density at radius 3 is 2.62 bits per heavy atom. The number of carbonyl (C=O) groups excluding carboxylic acids is 1. The smallest absolute Gasteiger partial charge is 0.336 e. The standard InChI is InChI=1S/C21H19NO4/c23-20(22(17-8-9-17)13-15-4-2-1-3-5-15)14-25-18-10-6-16-7-11-21(24)26-19(16)12-18/h1-7,10-12,17H,8-9,13-14H2. The number of rotatable bonds is 6. The first-order valence-electron chi connectivity index (χ1n) is 8.69. The molecule has 3 aromatic rings. The number of carbonyl (C=O) groups is 1. The zero-order valence-corrected chi connectivity index (χ0v) is 14.3. The molecule has 1 aliphatic rings. The van der Waals surface area contributed by atoms with Crippen LogP contribution < -0.4 is 10.4 Å². The lowest BCUT2D eigenvalue weighted by molar-refractivity contribution is -0.134. The van der Waals surface area contributed by atoms with E-state index in [0.29, 0.717) is 23.9 Å². The first-order chi connectivity index (χ1) is 12.7. The van der Waals surface area contributed by atoms with E-state index in [1.165, 1.54) is 6.07 Å². The fourth-order valence-corrected chi connectivity index (χ4v) is 2.95. The zero-order chi connectivity index (χ0) is 17.9. The number of amides is 1. The van der Waals surface area contributed by atoms with Crippen molar-refractivity contribution >= 4 is 16.9 Å². The van der Waals surface area contributed by atoms with Gasteiger partial charge in [-0.3, -0.25) is 4.79 Å². The first kappa shape index (κ1) is 16.4. The fourth-order valence-electron chi connectivity index (χ4n) is 2.95. The van der Waals surface area contributed by atoms with Crippen LogP contribution in [0.2, 0.25) is 0 Å². The summed E-state index contributed by atoms with van der Waals surface area (Å²) in [5, 5.41) is 0.812. The largest absolute Gasteiger partial charge is 0.484 e. The molecule has 4 rings (SSSR count). The third kappa shape index (κ3) is 3.77. The van der Waals surface area contributed by atoms with Gasteiger partial charge in [0.2, 0.25) is 0 Å². The Labute approximate surface area is 150 Å². The van der Waals surface area contributed by atoms with Gasteiger partial charge in [0.25, 0.3) is 5.91 Å². The molecule has 1 fully saturated rings. The lowest BCUT2D eigenvalue weighted by Crippen LogP contribution is -2.36. The Kier molecular flexibility index (Phi) is 4.44. The molecule has 1 amide bonds. The number of benzene rings is 2. The maximum Gasteiger partial charge on any atom is 0.336 e. The second kappa shape index (κ2) is 7.04. The van der Waals surface area contributed by atoms with Crippen LogP contribution in [0.4, 0.5) is 0 Å². The monoisotopic (exact) mass is 349 g/mol. The Hall–Kier alpha value is -3.08. The molecule has 0 radical (unpaired) electrons. The summed E-state index contributed by atoms with van der Waals surface area (Å²) in [6.07, 6.45) is 2.08. The molecule has 5 nitrogen and oxygen atoms in total. The second-order valence-electron chi connectivity index (χ2n) is 6.48. The van der Waals surface area contributed by atoms with Crippen LogP contribution in [0.1, 0.15) is 18.4 Å². The molecule has 26 heavy (non-hydrogen) atoms. The summed E-state index contributed by atoms with van der Waals surface area (Å²) >= 11 is 0. The first-order valence-corrected chi connectivity index (χ1v) is 8.69. The number of hydrogen-bond acceptors (Lipinski definition) is 4. The minimum Gasteiger partial charge on any atom is -0.484 e. The van der Waals surface area contributed by atoms with Crippen LogP contribution >= 0.6 is 0 Å². The van der Waals surface area contributed by atoms with Crippen molar-refractivity contribution in [2.45, 2.75) is 25.4 Å². The van der Waals surface area contributed by atoms with E-state index in [0.717, 1.165) is 23.8 Å². The summed E-state index contributed by atoms with van der Waals surface area (Å²) in [5.41, 5.74) is 1.15. The van der Waals surface area contributed by atoms with Gasteiger partial charge in [0.1, 0.15) is 11.3 Å². The molecular weight excluding hydrogens is 330 g/mol. The van der Waals surface area contributed by atoms with Crippen molar-refractivity contribution < 1.29 is 13.9 Å². The highest BCUT2D eigenvalue weighted by atomic mass is 16.5. The van der Waals surface area contributed by atoms with Crippen LogP contribution in [-0.4, -0.2) is 23.5 Å². The van der Waals surface area contributed by atoms with E-state index < -0.39 is 5.63 Å². The minimum absolute atomic E-state index is 0.0358. The quantitative estimate of drug-likeness (QED) is 0.640. The van der Waals surface area contributed by atoms with Gasteiger partial charge in [0, 0.05) is 30.1 Å². The van der Waals surface area contributed by atoms with Crippen LogP contribution in [0.3, 0.4) is 0 Å². The van der Waals surface area contributed by atoms with E-state index in [9.17, 15) is 9.59 Å². The summed E-state index contributed by atoms with van der Waals surface area (Å²) in [4.78, 5) is 25.9. The molecule has 0 unspecified atom stereocenters. The zero-order valence-electron chi connectivity index (χ0n) is 14.3. The normalized spacial score (nSPS) is 13.5. The van der Waals surface area contributed by atoms with Gasteiger partial charge in [-0.1, -0.05) is 30.3 Å². The molecule has 0 saturated heterocycles. The predicted octanol–water partition coefficient (Wildman–Crippen LogP) is 3.36. The van der Waals surface area contributed by atoms with Gasteiger partial charge in [-0.05, 0) is 36.6 Å². The topological polar surface area (TPSA) is 59.8 Å². The molecule has 0 spiro atoms. The fraction of sp³-hybridized carbons (Fsp3) is 0.238. The van der Waals surface area contributed by atoms with Gasteiger partial charge in [-0.15, -0.1) is 0 Å². The van der Waals surface area contributed by atoms with Gasteiger partial charge in [-0.25, -0.2) is 4.79 Å². The molecule has 1 saturated carbocycles. The Bertz CT molecular complexity index is 976. The maximum atomic E-state index is 12.6. The molecular formula is C21H19NO4. The maximum absolute atomic E-state index is 12.6. The molecule has 132 valence electrons. The third-order valence-corrected chi connectivity index (χ3v) is 4.46. The summed E-state index contributed by atoms with van der Waals surface area (Å²) in [5.74, 6) is 0.474. The molecule has 1 aliphatic carbocycles. The van der Waals surface area contributed by atoms with Crippen LogP contribution in [0.25, 0.3) is 11.0 Å². The van der Waals surface area contributed by atoms with Crippen molar-refractivity contribution in [1.82, 2.24) is 4.90 Å². The van der Waals surface area contributed by atoms with Gasteiger partial charge in [0.15, 0.2) is 6.61 Å². The van der Waals surface area contributed by atoms with Gasteiger partial charge >= 0.3 is 5.63 Å². The van der Waals surface area contributed by atoms with Crippen molar-refractivity contribution in [3.63, 3.8) is 0 Å². The lowest BCUT2D eigenvalue weighted by atomic mass is 10.2. The van der Waals surface area contributed by atoms with Crippen molar-refractivity contribution in [3.05, 3.63) is 76.6 Å². The molecule has 0 N–H and O–H groups in total. The summed E-state index contributed by atoms with van der Waals surface area (Å²) < 4.78 is 10.8. The van der Waals surface area contributed by atoms with Gasteiger partial charge in [0.05, 0.1) is 0 Å². The molecule has 0 atom stereocenters. The highest BCUT2D eigenvalue weighted by molar-refractivity contribution is 5.80. The Morgan fingerprint density at radius 1 is 1.08 bits per heavy atom. The number of ether oxygens (including phenoxy) is 1. The Morgan fingerprint density at radius 2 is 1.85 bits per heavy atom. The highest BCUT2D eigenvalue weighted by Gasteiger charge is 2.32. The van der Waals surface area contributed by atoms with Gasteiger partial charge < -0.3 is 14.1 Å². The molecule has 0 aliphatic heterocycles. The van der Waals surface area contributed by atoms with E-state index in [4.69, 9.17) is 9.15 Å². The minimum atomic E-state index is -0.409. The van der Waals surface area contributed by atoms with Crippen LogP contribution in [0, 0.1) is 0 Å². The van der Waals surface area contributed by atoms with Crippen molar-refractivity contribution in [3.8, 4) is 5.75 Å². The van der Waals surface area contributed by atoms with E-state index >= 15 is 0 Å². The summed E-state index contributed by atoms with van der Waals surface area (Å²) in [7, 11) is 0. The van der Waals surface area contributed by atoms with Crippen LogP contribution in [-0.2, 0) is 11.3 Å². The second-order valence-corrected chi connectivity index (χ2v) is 6.48. The SMILES string of the molecule is O=C(COc1ccc2ccc(=O)oc2c1)N(Cc1ccccc1)C1CC1. The van der Waals surface area contributed by atoms with Crippen molar-refractivity contribution in [2.75, 3.05) is 6.61 Å².